The molecule has 0 aliphatic heterocycles. The molecule has 0 fully saturated rings. The first-order chi connectivity index (χ1) is 9.19. The van der Waals surface area contributed by atoms with Crippen molar-refractivity contribution in [2.24, 2.45) is 5.10 Å². The molecule has 0 aliphatic rings. The van der Waals surface area contributed by atoms with Crippen molar-refractivity contribution in [3.8, 4) is 11.5 Å². The van der Waals surface area contributed by atoms with E-state index >= 15 is 0 Å². The fraction of sp³-hybridized carbons (Fsp3) is 0.231. The highest BCUT2D eigenvalue weighted by molar-refractivity contribution is 7.13. The number of aromatic hydroxyl groups is 1. The lowest BCUT2D eigenvalue weighted by atomic mass is 10.2. The molecule has 0 saturated carbocycles. The van der Waals surface area contributed by atoms with E-state index in [1.165, 1.54) is 11.3 Å². The van der Waals surface area contributed by atoms with Crippen molar-refractivity contribution >= 4 is 22.7 Å². The number of aromatic nitrogens is 1. The molecule has 2 rings (SSSR count). The third-order valence-corrected chi connectivity index (χ3v) is 3.14. The number of hydrogen-bond donors (Lipinski definition) is 2. The molecule has 0 unspecified atom stereocenters. The van der Waals surface area contributed by atoms with E-state index in [1.807, 2.05) is 19.2 Å². The minimum atomic E-state index is 0.127. The summed E-state index contributed by atoms with van der Waals surface area (Å²) in [5.74, 6) is 0.582. The van der Waals surface area contributed by atoms with Crippen LogP contribution in [-0.4, -0.2) is 22.9 Å². The molecule has 1 heterocycles. The van der Waals surface area contributed by atoms with E-state index < -0.39 is 0 Å². The smallest absolute Gasteiger partial charge is 0.203 e. The quantitative estimate of drug-likeness (QED) is 0.651. The van der Waals surface area contributed by atoms with Crippen LogP contribution in [0.2, 0.25) is 0 Å². The summed E-state index contributed by atoms with van der Waals surface area (Å²) in [6.07, 6.45) is 1.65. The molecule has 0 spiro atoms. The van der Waals surface area contributed by atoms with Crippen LogP contribution in [0.4, 0.5) is 5.13 Å². The van der Waals surface area contributed by atoms with Crippen LogP contribution in [0.25, 0.3) is 0 Å². The maximum Gasteiger partial charge on any atom is 0.203 e. The minimum absolute atomic E-state index is 0.127. The van der Waals surface area contributed by atoms with Gasteiger partial charge in [-0.15, -0.1) is 11.3 Å². The number of phenolic OH excluding ortho intramolecular Hbond substituents is 1. The summed E-state index contributed by atoms with van der Waals surface area (Å²) in [6.45, 7) is 4.30. The fourth-order valence-corrected chi connectivity index (χ4v) is 2.09. The molecule has 2 aromatic rings. The second-order valence-electron chi connectivity index (χ2n) is 3.82. The second-order valence-corrected chi connectivity index (χ2v) is 4.68. The Hall–Kier alpha value is -2.08. The summed E-state index contributed by atoms with van der Waals surface area (Å²) in [5, 5.41) is 16.4. The lowest BCUT2D eigenvalue weighted by Crippen LogP contribution is -1.94. The zero-order valence-corrected chi connectivity index (χ0v) is 11.6. The molecule has 100 valence electrons. The van der Waals surface area contributed by atoms with Crippen molar-refractivity contribution in [2.45, 2.75) is 13.8 Å². The third-order valence-electron chi connectivity index (χ3n) is 2.28. The van der Waals surface area contributed by atoms with Gasteiger partial charge in [-0.3, -0.25) is 5.43 Å². The Labute approximate surface area is 115 Å². The van der Waals surface area contributed by atoms with Gasteiger partial charge >= 0.3 is 0 Å². The van der Waals surface area contributed by atoms with Crippen LogP contribution >= 0.6 is 11.3 Å². The number of hydrazone groups is 1. The van der Waals surface area contributed by atoms with Crippen molar-refractivity contribution in [1.82, 2.24) is 4.98 Å². The number of benzene rings is 1. The van der Waals surface area contributed by atoms with E-state index in [0.29, 0.717) is 12.4 Å². The van der Waals surface area contributed by atoms with Gasteiger partial charge in [0, 0.05) is 5.38 Å². The van der Waals surface area contributed by atoms with Gasteiger partial charge < -0.3 is 9.84 Å². The van der Waals surface area contributed by atoms with Gasteiger partial charge in [0.25, 0.3) is 0 Å². The van der Waals surface area contributed by atoms with Crippen LogP contribution in [0.15, 0.2) is 28.7 Å². The predicted molar refractivity (Wildman–Crippen MR) is 77.3 cm³/mol. The molecule has 5 nitrogen and oxygen atoms in total. The molecule has 0 amide bonds. The zero-order valence-electron chi connectivity index (χ0n) is 10.8. The van der Waals surface area contributed by atoms with E-state index in [0.717, 1.165) is 16.4 Å². The van der Waals surface area contributed by atoms with Gasteiger partial charge in [-0.05, 0) is 37.6 Å². The Bertz CT molecular complexity index is 581. The maximum atomic E-state index is 9.58. The summed E-state index contributed by atoms with van der Waals surface area (Å²) >= 11 is 1.50. The van der Waals surface area contributed by atoms with Crippen LogP contribution < -0.4 is 10.2 Å². The topological polar surface area (TPSA) is 66.7 Å². The lowest BCUT2D eigenvalue weighted by molar-refractivity contribution is 0.318. The molecule has 0 aliphatic carbocycles. The van der Waals surface area contributed by atoms with Gasteiger partial charge in [-0.2, -0.15) is 5.10 Å². The highest BCUT2D eigenvalue weighted by atomic mass is 32.1. The number of phenols is 1. The van der Waals surface area contributed by atoms with E-state index in [9.17, 15) is 5.11 Å². The number of nitrogens with zero attached hydrogens (tertiary/aromatic N) is 2. The van der Waals surface area contributed by atoms with Crippen molar-refractivity contribution in [3.63, 3.8) is 0 Å². The first-order valence-corrected chi connectivity index (χ1v) is 6.74. The van der Waals surface area contributed by atoms with E-state index in [4.69, 9.17) is 4.74 Å². The molecule has 0 radical (unpaired) electrons. The Kier molecular flexibility index (Phi) is 4.35. The largest absolute Gasteiger partial charge is 0.504 e. The Balaban J connectivity index is 2.04. The lowest BCUT2D eigenvalue weighted by Gasteiger charge is -2.05. The molecule has 19 heavy (non-hydrogen) atoms. The van der Waals surface area contributed by atoms with Crippen LogP contribution in [0.3, 0.4) is 0 Å². The molecule has 0 saturated heterocycles. The maximum absolute atomic E-state index is 9.58. The SMILES string of the molecule is CCOc1cc(/C=N\Nc2nc(C)cs2)ccc1O. The first kappa shape index (κ1) is 13.4. The highest BCUT2D eigenvalue weighted by Gasteiger charge is 2.02. The van der Waals surface area contributed by atoms with Crippen molar-refractivity contribution in [2.75, 3.05) is 12.0 Å². The Morgan fingerprint density at radius 2 is 2.37 bits per heavy atom. The molecule has 1 aromatic heterocycles. The number of anilines is 1. The first-order valence-electron chi connectivity index (χ1n) is 5.86. The van der Waals surface area contributed by atoms with Gasteiger partial charge in [0.1, 0.15) is 0 Å². The minimum Gasteiger partial charge on any atom is -0.504 e. The number of nitrogens with one attached hydrogen (secondary N) is 1. The average Bonchev–Trinajstić information content (AvgIpc) is 2.79. The zero-order chi connectivity index (χ0) is 13.7. The molecular weight excluding hydrogens is 262 g/mol. The molecule has 0 atom stereocenters. The Morgan fingerprint density at radius 1 is 1.53 bits per heavy atom. The van der Waals surface area contributed by atoms with E-state index in [1.54, 1.807) is 24.4 Å². The number of aryl methyl sites for hydroxylation is 1. The molecule has 0 bridgehead atoms. The third kappa shape index (κ3) is 3.69. The van der Waals surface area contributed by atoms with Gasteiger partial charge in [0.15, 0.2) is 11.5 Å². The van der Waals surface area contributed by atoms with Gasteiger partial charge in [0.05, 0.1) is 18.5 Å². The summed E-state index contributed by atoms with van der Waals surface area (Å²) in [5.41, 5.74) is 4.65. The molecule has 1 aromatic carbocycles. The van der Waals surface area contributed by atoms with Crippen LogP contribution in [0, 0.1) is 6.92 Å². The number of thiazole rings is 1. The normalized spacial score (nSPS) is 10.8. The molecular formula is C13H15N3O2S. The fourth-order valence-electron chi connectivity index (χ4n) is 1.45. The van der Waals surface area contributed by atoms with E-state index in [2.05, 4.69) is 15.5 Å². The van der Waals surface area contributed by atoms with Crippen LogP contribution in [-0.2, 0) is 0 Å². The van der Waals surface area contributed by atoms with Gasteiger partial charge in [-0.25, -0.2) is 4.98 Å². The molecule has 2 N–H and O–H groups in total. The highest BCUT2D eigenvalue weighted by Crippen LogP contribution is 2.26. The van der Waals surface area contributed by atoms with E-state index in [-0.39, 0.29) is 5.75 Å². The number of hydrogen-bond acceptors (Lipinski definition) is 6. The summed E-state index contributed by atoms with van der Waals surface area (Å²) < 4.78 is 5.30. The standard InChI is InChI=1S/C13H15N3O2S/c1-3-18-12-6-10(4-5-11(12)17)7-14-16-13-15-9(2)8-19-13/h4-8,17H,3H2,1-2H3,(H,15,16)/b14-7-. The second kappa shape index (κ2) is 6.19. The molecule has 6 heteroatoms. The summed E-state index contributed by atoms with van der Waals surface area (Å²) in [4.78, 5) is 4.23. The average molecular weight is 277 g/mol. The summed E-state index contributed by atoms with van der Waals surface area (Å²) in [6, 6.07) is 5.08. The van der Waals surface area contributed by atoms with Crippen LogP contribution in [0.5, 0.6) is 11.5 Å². The van der Waals surface area contributed by atoms with Gasteiger partial charge in [0.2, 0.25) is 5.13 Å². The number of rotatable bonds is 5. The van der Waals surface area contributed by atoms with Gasteiger partial charge in [-0.1, -0.05) is 0 Å². The predicted octanol–water partition coefficient (Wildman–Crippen LogP) is 3.00. The van der Waals surface area contributed by atoms with Crippen molar-refractivity contribution < 1.29 is 9.84 Å². The van der Waals surface area contributed by atoms with Crippen LogP contribution in [0.1, 0.15) is 18.2 Å². The van der Waals surface area contributed by atoms with Crippen molar-refractivity contribution in [3.05, 3.63) is 34.8 Å². The summed E-state index contributed by atoms with van der Waals surface area (Å²) in [7, 11) is 0. The Morgan fingerprint density at radius 3 is 3.05 bits per heavy atom. The monoisotopic (exact) mass is 277 g/mol. The van der Waals surface area contributed by atoms with Crippen molar-refractivity contribution in [1.29, 1.82) is 0 Å². The number of ether oxygens (including phenoxy) is 1.